The molecular formula is C19H13BrCl2N2O2. The molecule has 0 aliphatic rings. The van der Waals surface area contributed by atoms with E-state index in [2.05, 4.69) is 27.8 Å². The van der Waals surface area contributed by atoms with E-state index in [1.54, 1.807) is 36.4 Å². The monoisotopic (exact) mass is 450 g/mol. The van der Waals surface area contributed by atoms with Gasteiger partial charge in [-0.3, -0.25) is 4.79 Å². The number of nitrogens with one attached hydrogen (secondary N) is 1. The zero-order valence-electron chi connectivity index (χ0n) is 13.4. The molecule has 0 aromatic heterocycles. The van der Waals surface area contributed by atoms with Crippen LogP contribution in [-0.4, -0.2) is 12.5 Å². The maximum absolute atomic E-state index is 12.3. The standard InChI is InChI=1S/C19H13BrCl2N2O2/c1-2-7-26-18-6-3-12(9-15(18)20)8-13(11-23)19(25)24-14-4-5-16(21)17(22)10-14/h2-6,8-10H,1,7H2,(H,24,25)/b13-8+. The second kappa shape index (κ2) is 9.44. The Morgan fingerprint density at radius 1 is 1.27 bits per heavy atom. The molecule has 4 nitrogen and oxygen atoms in total. The predicted molar refractivity (Wildman–Crippen MR) is 109 cm³/mol. The second-order valence-corrected chi connectivity index (χ2v) is 6.71. The molecule has 0 radical (unpaired) electrons. The number of halogens is 3. The molecule has 0 aliphatic carbocycles. The fourth-order valence-corrected chi connectivity index (χ4v) is 2.77. The quantitative estimate of drug-likeness (QED) is 0.339. The smallest absolute Gasteiger partial charge is 0.266 e. The zero-order valence-corrected chi connectivity index (χ0v) is 16.5. The van der Waals surface area contributed by atoms with E-state index in [0.29, 0.717) is 38.1 Å². The third kappa shape index (κ3) is 5.37. The number of benzene rings is 2. The number of rotatable bonds is 6. The minimum absolute atomic E-state index is 0.0530. The molecular weight excluding hydrogens is 439 g/mol. The molecule has 132 valence electrons. The van der Waals surface area contributed by atoms with Crippen molar-refractivity contribution < 1.29 is 9.53 Å². The summed E-state index contributed by atoms with van der Waals surface area (Å²) in [6.07, 6.45) is 3.12. The number of anilines is 1. The highest BCUT2D eigenvalue weighted by atomic mass is 79.9. The lowest BCUT2D eigenvalue weighted by molar-refractivity contribution is -0.112. The third-order valence-electron chi connectivity index (χ3n) is 3.17. The van der Waals surface area contributed by atoms with Gasteiger partial charge in [-0.05, 0) is 57.9 Å². The van der Waals surface area contributed by atoms with Crippen LogP contribution in [0, 0.1) is 11.3 Å². The van der Waals surface area contributed by atoms with Gasteiger partial charge in [0, 0.05) is 5.69 Å². The molecule has 2 aromatic carbocycles. The van der Waals surface area contributed by atoms with Gasteiger partial charge in [-0.25, -0.2) is 0 Å². The van der Waals surface area contributed by atoms with E-state index >= 15 is 0 Å². The summed E-state index contributed by atoms with van der Waals surface area (Å²) in [6, 6.07) is 11.8. The average Bonchev–Trinajstić information content (AvgIpc) is 2.62. The minimum atomic E-state index is -0.547. The Labute approximate surface area is 169 Å². The summed E-state index contributed by atoms with van der Waals surface area (Å²) >= 11 is 15.2. The van der Waals surface area contributed by atoms with Gasteiger partial charge in [-0.15, -0.1) is 0 Å². The van der Waals surface area contributed by atoms with Gasteiger partial charge >= 0.3 is 0 Å². The molecule has 0 fully saturated rings. The Hall–Kier alpha value is -2.26. The van der Waals surface area contributed by atoms with Gasteiger partial charge in [0.25, 0.3) is 5.91 Å². The molecule has 2 rings (SSSR count). The molecule has 0 unspecified atom stereocenters. The maximum atomic E-state index is 12.3. The average molecular weight is 452 g/mol. The summed E-state index contributed by atoms with van der Waals surface area (Å²) < 4.78 is 6.17. The van der Waals surface area contributed by atoms with Gasteiger partial charge in [0.15, 0.2) is 0 Å². The van der Waals surface area contributed by atoms with Crippen LogP contribution in [0.2, 0.25) is 10.0 Å². The van der Waals surface area contributed by atoms with Crippen LogP contribution in [-0.2, 0) is 4.79 Å². The van der Waals surface area contributed by atoms with Crippen molar-refractivity contribution in [1.82, 2.24) is 0 Å². The second-order valence-electron chi connectivity index (χ2n) is 5.04. The highest BCUT2D eigenvalue weighted by Gasteiger charge is 2.11. The molecule has 0 saturated heterocycles. The number of hydrogen-bond acceptors (Lipinski definition) is 3. The fraction of sp³-hybridized carbons (Fsp3) is 0.0526. The van der Waals surface area contributed by atoms with Crippen molar-refractivity contribution in [2.45, 2.75) is 0 Å². The minimum Gasteiger partial charge on any atom is -0.488 e. The number of carbonyl (C=O) groups is 1. The first-order chi connectivity index (χ1) is 12.4. The normalized spacial score (nSPS) is 10.8. The van der Waals surface area contributed by atoms with Gasteiger partial charge < -0.3 is 10.1 Å². The lowest BCUT2D eigenvalue weighted by atomic mass is 10.1. The Morgan fingerprint density at radius 2 is 2.04 bits per heavy atom. The number of nitriles is 1. The Bertz CT molecular complexity index is 920. The van der Waals surface area contributed by atoms with Crippen LogP contribution in [0.25, 0.3) is 6.08 Å². The van der Waals surface area contributed by atoms with E-state index in [4.69, 9.17) is 27.9 Å². The molecule has 1 N–H and O–H groups in total. The van der Waals surface area contributed by atoms with Gasteiger partial charge in [0.05, 0.1) is 14.5 Å². The van der Waals surface area contributed by atoms with E-state index in [9.17, 15) is 10.1 Å². The highest BCUT2D eigenvalue weighted by Crippen LogP contribution is 2.28. The topological polar surface area (TPSA) is 62.1 Å². The van der Waals surface area contributed by atoms with Gasteiger partial charge in [-0.2, -0.15) is 5.26 Å². The van der Waals surface area contributed by atoms with E-state index in [0.717, 1.165) is 0 Å². The number of hydrogen-bond donors (Lipinski definition) is 1. The number of carbonyl (C=O) groups excluding carboxylic acids is 1. The molecule has 1 amide bonds. The summed E-state index contributed by atoms with van der Waals surface area (Å²) in [5.41, 5.74) is 1.06. The van der Waals surface area contributed by atoms with Crippen molar-refractivity contribution in [1.29, 1.82) is 5.26 Å². The van der Waals surface area contributed by atoms with Crippen LogP contribution in [0.4, 0.5) is 5.69 Å². The van der Waals surface area contributed by atoms with Crippen molar-refractivity contribution in [3.05, 3.63) is 74.7 Å². The summed E-state index contributed by atoms with van der Waals surface area (Å²) in [5.74, 6) is 0.0924. The molecule has 0 atom stereocenters. The first kappa shape index (κ1) is 20.1. The molecule has 0 spiro atoms. The van der Waals surface area contributed by atoms with Gasteiger partial charge in [0.2, 0.25) is 0 Å². The van der Waals surface area contributed by atoms with Crippen molar-refractivity contribution >= 4 is 56.8 Å². The third-order valence-corrected chi connectivity index (χ3v) is 4.52. The van der Waals surface area contributed by atoms with Gasteiger partial charge in [-0.1, -0.05) is 41.9 Å². The van der Waals surface area contributed by atoms with E-state index < -0.39 is 5.91 Å². The molecule has 26 heavy (non-hydrogen) atoms. The molecule has 2 aromatic rings. The highest BCUT2D eigenvalue weighted by molar-refractivity contribution is 9.10. The predicted octanol–water partition coefficient (Wildman–Crippen LogP) is 5.87. The Morgan fingerprint density at radius 3 is 2.65 bits per heavy atom. The SMILES string of the molecule is C=CCOc1ccc(/C=C(\C#N)C(=O)Nc2ccc(Cl)c(Cl)c2)cc1Br. The van der Waals surface area contributed by atoms with Gasteiger partial charge in [0.1, 0.15) is 24.0 Å². The van der Waals surface area contributed by atoms with E-state index in [1.807, 2.05) is 6.07 Å². The van der Waals surface area contributed by atoms with Crippen LogP contribution >= 0.6 is 39.1 Å². The summed E-state index contributed by atoms with van der Waals surface area (Å²) in [5, 5.41) is 12.6. The van der Waals surface area contributed by atoms with E-state index in [1.165, 1.54) is 12.1 Å². The van der Waals surface area contributed by atoms with E-state index in [-0.39, 0.29) is 5.57 Å². The lowest BCUT2D eigenvalue weighted by Gasteiger charge is -2.07. The summed E-state index contributed by atoms with van der Waals surface area (Å²) in [6.45, 7) is 3.97. The Balaban J connectivity index is 2.19. The number of ether oxygens (including phenoxy) is 1. The van der Waals surface area contributed by atoms with Crippen LogP contribution in [0.15, 0.2) is 59.1 Å². The van der Waals surface area contributed by atoms with Crippen LogP contribution in [0.1, 0.15) is 5.56 Å². The largest absolute Gasteiger partial charge is 0.488 e. The van der Waals surface area contributed by atoms with Crippen LogP contribution in [0.5, 0.6) is 5.75 Å². The Kier molecular flexibility index (Phi) is 7.28. The van der Waals surface area contributed by atoms with Crippen molar-refractivity contribution in [2.75, 3.05) is 11.9 Å². The molecule has 0 bridgehead atoms. The molecule has 7 heteroatoms. The van der Waals surface area contributed by atoms with Crippen LogP contribution in [0.3, 0.4) is 0 Å². The first-order valence-corrected chi connectivity index (χ1v) is 8.91. The summed E-state index contributed by atoms with van der Waals surface area (Å²) in [7, 11) is 0. The number of amides is 1. The molecule has 0 heterocycles. The number of nitrogens with zero attached hydrogens (tertiary/aromatic N) is 1. The maximum Gasteiger partial charge on any atom is 0.266 e. The molecule has 0 saturated carbocycles. The first-order valence-electron chi connectivity index (χ1n) is 7.36. The van der Waals surface area contributed by atoms with Crippen molar-refractivity contribution in [2.24, 2.45) is 0 Å². The lowest BCUT2D eigenvalue weighted by Crippen LogP contribution is -2.13. The van der Waals surface area contributed by atoms with Crippen LogP contribution < -0.4 is 10.1 Å². The fourth-order valence-electron chi connectivity index (χ4n) is 1.96. The van der Waals surface area contributed by atoms with Crippen molar-refractivity contribution in [3.8, 4) is 11.8 Å². The van der Waals surface area contributed by atoms with Crippen molar-refractivity contribution in [3.63, 3.8) is 0 Å². The zero-order chi connectivity index (χ0) is 19.1. The summed E-state index contributed by atoms with van der Waals surface area (Å²) in [4.78, 5) is 12.3. The molecule has 0 aliphatic heterocycles.